The topological polar surface area (TPSA) is 89.3 Å². The lowest BCUT2D eigenvalue weighted by molar-refractivity contribution is 0.0956. The maximum atomic E-state index is 12.2. The van der Waals surface area contributed by atoms with Crippen LogP contribution in [-0.4, -0.2) is 35.7 Å². The first-order chi connectivity index (χ1) is 12.2. The van der Waals surface area contributed by atoms with Gasteiger partial charge < -0.3 is 19.9 Å². The molecule has 1 aromatic heterocycles. The standard InChI is InChI=1S/C18H22N4O3/c1-2-17-21-16(22-25-17)12-24-15-5-3-14(4-6-15)18(23)20-11-13-7-9-19-10-8-13/h3-7,19H,2,8-12H2,1H3,(H,20,23). The quantitative estimate of drug-likeness (QED) is 0.747. The van der Waals surface area contributed by atoms with Crippen LogP contribution < -0.4 is 15.4 Å². The number of benzene rings is 1. The summed E-state index contributed by atoms with van der Waals surface area (Å²) < 4.78 is 10.6. The minimum absolute atomic E-state index is 0.0864. The molecule has 1 aliphatic rings. The summed E-state index contributed by atoms with van der Waals surface area (Å²) >= 11 is 0. The van der Waals surface area contributed by atoms with Crippen molar-refractivity contribution in [3.8, 4) is 5.75 Å². The van der Waals surface area contributed by atoms with E-state index < -0.39 is 0 Å². The number of aryl methyl sites for hydroxylation is 1. The smallest absolute Gasteiger partial charge is 0.251 e. The first-order valence-corrected chi connectivity index (χ1v) is 8.45. The average Bonchev–Trinajstić information content (AvgIpc) is 3.14. The molecule has 0 bridgehead atoms. The molecule has 0 saturated heterocycles. The molecule has 2 N–H and O–H groups in total. The Morgan fingerprint density at radius 3 is 2.88 bits per heavy atom. The third-order valence-electron chi connectivity index (χ3n) is 3.93. The average molecular weight is 342 g/mol. The summed E-state index contributed by atoms with van der Waals surface area (Å²) in [4.78, 5) is 16.4. The Hall–Kier alpha value is -2.67. The van der Waals surface area contributed by atoms with Crippen LogP contribution in [0.1, 0.15) is 35.4 Å². The number of amides is 1. The van der Waals surface area contributed by atoms with Crippen LogP contribution in [-0.2, 0) is 13.0 Å². The molecule has 1 amide bonds. The minimum Gasteiger partial charge on any atom is -0.485 e. The molecule has 0 spiro atoms. The van der Waals surface area contributed by atoms with E-state index in [1.807, 2.05) is 6.92 Å². The predicted molar refractivity (Wildman–Crippen MR) is 92.4 cm³/mol. The Morgan fingerprint density at radius 1 is 1.36 bits per heavy atom. The summed E-state index contributed by atoms with van der Waals surface area (Å²) in [5.74, 6) is 1.67. The molecule has 2 heterocycles. The molecule has 0 fully saturated rings. The number of nitrogens with zero attached hydrogens (tertiary/aromatic N) is 2. The van der Waals surface area contributed by atoms with Crippen LogP contribution in [0.3, 0.4) is 0 Å². The van der Waals surface area contributed by atoms with E-state index in [9.17, 15) is 4.79 Å². The second kappa shape index (κ2) is 8.43. The van der Waals surface area contributed by atoms with Gasteiger partial charge in [0, 0.05) is 25.1 Å². The first kappa shape index (κ1) is 17.2. The molecular formula is C18H22N4O3. The fourth-order valence-corrected chi connectivity index (χ4v) is 2.47. The number of hydrogen-bond acceptors (Lipinski definition) is 6. The van der Waals surface area contributed by atoms with Crippen molar-refractivity contribution in [3.05, 3.63) is 53.2 Å². The van der Waals surface area contributed by atoms with Crippen LogP contribution in [0.4, 0.5) is 0 Å². The fourth-order valence-electron chi connectivity index (χ4n) is 2.47. The van der Waals surface area contributed by atoms with Crippen LogP contribution in [0.15, 0.2) is 40.4 Å². The summed E-state index contributed by atoms with van der Waals surface area (Å²) in [6.07, 6.45) is 3.80. The highest BCUT2D eigenvalue weighted by molar-refractivity contribution is 5.94. The van der Waals surface area contributed by atoms with Crippen molar-refractivity contribution in [1.82, 2.24) is 20.8 Å². The van der Waals surface area contributed by atoms with Crippen molar-refractivity contribution in [2.45, 2.75) is 26.4 Å². The molecule has 0 unspecified atom stereocenters. The van der Waals surface area contributed by atoms with Gasteiger partial charge in [-0.25, -0.2) is 0 Å². The van der Waals surface area contributed by atoms with Gasteiger partial charge in [-0.3, -0.25) is 4.79 Å². The largest absolute Gasteiger partial charge is 0.485 e. The van der Waals surface area contributed by atoms with E-state index in [4.69, 9.17) is 9.26 Å². The lowest BCUT2D eigenvalue weighted by Gasteiger charge is -2.14. The second-order valence-corrected chi connectivity index (χ2v) is 5.77. The lowest BCUT2D eigenvalue weighted by Crippen LogP contribution is -2.29. The van der Waals surface area contributed by atoms with Crippen molar-refractivity contribution >= 4 is 5.91 Å². The van der Waals surface area contributed by atoms with Gasteiger partial charge in [-0.15, -0.1) is 0 Å². The van der Waals surface area contributed by atoms with Crippen LogP contribution in [0, 0.1) is 0 Å². The maximum absolute atomic E-state index is 12.2. The molecule has 25 heavy (non-hydrogen) atoms. The summed E-state index contributed by atoms with van der Waals surface area (Å²) in [6, 6.07) is 7.02. The molecule has 2 aromatic rings. The van der Waals surface area contributed by atoms with E-state index in [1.165, 1.54) is 5.57 Å². The van der Waals surface area contributed by atoms with Crippen molar-refractivity contribution in [3.63, 3.8) is 0 Å². The Kier molecular flexibility index (Phi) is 5.79. The molecule has 0 saturated carbocycles. The monoisotopic (exact) mass is 342 g/mol. The van der Waals surface area contributed by atoms with Gasteiger partial charge in [0.05, 0.1) is 0 Å². The Morgan fingerprint density at radius 2 is 2.20 bits per heavy atom. The Balaban J connectivity index is 1.49. The van der Waals surface area contributed by atoms with Crippen molar-refractivity contribution in [2.75, 3.05) is 19.6 Å². The van der Waals surface area contributed by atoms with Crippen LogP contribution >= 0.6 is 0 Å². The number of rotatable bonds is 7. The van der Waals surface area contributed by atoms with Gasteiger partial charge in [0.15, 0.2) is 6.61 Å². The third-order valence-corrected chi connectivity index (χ3v) is 3.93. The molecule has 7 nitrogen and oxygen atoms in total. The maximum Gasteiger partial charge on any atom is 0.251 e. The number of ether oxygens (including phenoxy) is 1. The van der Waals surface area contributed by atoms with E-state index in [1.54, 1.807) is 24.3 Å². The zero-order valence-electron chi connectivity index (χ0n) is 14.2. The molecule has 1 aromatic carbocycles. The molecule has 132 valence electrons. The van der Waals surface area contributed by atoms with Gasteiger partial charge in [0.1, 0.15) is 5.75 Å². The fraction of sp³-hybridized carbons (Fsp3) is 0.389. The van der Waals surface area contributed by atoms with Crippen LogP contribution in [0.2, 0.25) is 0 Å². The van der Waals surface area contributed by atoms with Gasteiger partial charge in [0.25, 0.3) is 5.91 Å². The Labute approximate surface area is 146 Å². The van der Waals surface area contributed by atoms with E-state index >= 15 is 0 Å². The highest BCUT2D eigenvalue weighted by Crippen LogP contribution is 2.14. The van der Waals surface area contributed by atoms with E-state index in [0.29, 0.717) is 36.0 Å². The minimum atomic E-state index is -0.0864. The van der Waals surface area contributed by atoms with E-state index in [-0.39, 0.29) is 12.5 Å². The highest BCUT2D eigenvalue weighted by atomic mass is 16.5. The summed E-state index contributed by atoms with van der Waals surface area (Å²) in [6.45, 7) is 4.61. The summed E-state index contributed by atoms with van der Waals surface area (Å²) in [5, 5.41) is 10.0. The first-order valence-electron chi connectivity index (χ1n) is 8.45. The van der Waals surface area contributed by atoms with Crippen LogP contribution in [0.5, 0.6) is 5.75 Å². The molecular weight excluding hydrogens is 320 g/mol. The number of carbonyl (C=O) groups excluding carboxylic acids is 1. The molecule has 0 atom stereocenters. The molecule has 0 radical (unpaired) electrons. The lowest BCUT2D eigenvalue weighted by atomic mass is 10.1. The van der Waals surface area contributed by atoms with Gasteiger partial charge >= 0.3 is 0 Å². The van der Waals surface area contributed by atoms with Gasteiger partial charge in [-0.1, -0.05) is 23.7 Å². The molecule has 0 aliphatic carbocycles. The van der Waals surface area contributed by atoms with Gasteiger partial charge in [-0.2, -0.15) is 4.98 Å². The van der Waals surface area contributed by atoms with Crippen molar-refractivity contribution in [1.29, 1.82) is 0 Å². The second-order valence-electron chi connectivity index (χ2n) is 5.77. The number of carbonyl (C=O) groups is 1. The van der Waals surface area contributed by atoms with E-state index in [0.717, 1.165) is 19.5 Å². The number of hydrogen-bond donors (Lipinski definition) is 2. The van der Waals surface area contributed by atoms with E-state index in [2.05, 4.69) is 26.9 Å². The van der Waals surface area contributed by atoms with Crippen LogP contribution in [0.25, 0.3) is 0 Å². The number of aromatic nitrogens is 2. The summed E-state index contributed by atoms with van der Waals surface area (Å²) in [7, 11) is 0. The molecule has 7 heteroatoms. The highest BCUT2D eigenvalue weighted by Gasteiger charge is 2.09. The summed E-state index contributed by atoms with van der Waals surface area (Å²) in [5.41, 5.74) is 1.87. The normalized spacial score (nSPS) is 14.0. The van der Waals surface area contributed by atoms with Gasteiger partial charge in [0.2, 0.25) is 11.7 Å². The van der Waals surface area contributed by atoms with Crippen molar-refractivity contribution in [2.24, 2.45) is 0 Å². The third kappa shape index (κ3) is 4.90. The Bertz CT molecular complexity index is 737. The zero-order valence-corrected chi connectivity index (χ0v) is 14.2. The molecule has 3 rings (SSSR count). The van der Waals surface area contributed by atoms with Crippen molar-refractivity contribution < 1.29 is 14.1 Å². The number of nitrogens with one attached hydrogen (secondary N) is 2. The molecule has 1 aliphatic heterocycles. The SMILES string of the molecule is CCc1nc(COc2ccc(C(=O)NCC3=CCNCC3)cc2)no1. The predicted octanol–water partition coefficient (Wildman–Crippen LogP) is 1.86. The zero-order chi connectivity index (χ0) is 17.5. The van der Waals surface area contributed by atoms with Gasteiger partial charge in [-0.05, 0) is 37.2 Å².